The van der Waals surface area contributed by atoms with Crippen molar-refractivity contribution in [2.75, 3.05) is 5.73 Å². The molecule has 42 valence electrons. The summed E-state index contributed by atoms with van der Waals surface area (Å²) in [4.78, 5) is 0. The molecule has 2 N–H and O–H groups in total. The zero-order valence-electron chi connectivity index (χ0n) is 4.33. The van der Waals surface area contributed by atoms with Crippen LogP contribution >= 0.6 is 0 Å². The third kappa shape index (κ3) is 1.25. The summed E-state index contributed by atoms with van der Waals surface area (Å²) in [5, 5.41) is 0. The fourth-order valence-corrected chi connectivity index (χ4v) is 1.02. The fourth-order valence-electron chi connectivity index (χ4n) is 0.525. The minimum atomic E-state index is 0.822. The van der Waals surface area contributed by atoms with Crippen LogP contribution in [0.1, 0.15) is 0 Å². The van der Waals surface area contributed by atoms with E-state index in [1.165, 1.54) is 0 Å². The van der Waals surface area contributed by atoms with Gasteiger partial charge in [-0.05, 0) is 0 Å². The van der Waals surface area contributed by atoms with E-state index in [0.717, 1.165) is 10.1 Å². The van der Waals surface area contributed by atoms with E-state index in [0.29, 0.717) is 0 Å². The molecule has 0 spiro atoms. The van der Waals surface area contributed by atoms with Crippen molar-refractivity contribution >= 4 is 26.2 Å². The van der Waals surface area contributed by atoms with E-state index >= 15 is 0 Å². The molecule has 1 aromatic rings. The average Bonchev–Trinajstić information content (AvgIpc) is 1.64. The first kappa shape index (κ1) is 5.67. The number of hydrogen-bond donors (Lipinski definition) is 1. The molecule has 0 aliphatic carbocycles. The second-order valence-electron chi connectivity index (χ2n) is 1.59. The fraction of sp³-hybridized carbons (Fsp3) is 0. The summed E-state index contributed by atoms with van der Waals surface area (Å²) < 4.78 is 1.15. The van der Waals surface area contributed by atoms with E-state index in [1.807, 2.05) is 24.3 Å². The van der Waals surface area contributed by atoms with Gasteiger partial charge in [0.2, 0.25) is 0 Å². The quantitative estimate of drug-likeness (QED) is 0.425. The summed E-state index contributed by atoms with van der Waals surface area (Å²) in [6.07, 6.45) is 0. The van der Waals surface area contributed by atoms with Crippen molar-refractivity contribution in [3.05, 3.63) is 24.3 Å². The third-order valence-electron chi connectivity index (χ3n) is 0.870. The molecule has 0 aliphatic heterocycles. The number of hydrogen-bond acceptors (Lipinski definition) is 1. The van der Waals surface area contributed by atoms with Gasteiger partial charge in [-0.25, -0.2) is 0 Å². The van der Waals surface area contributed by atoms with Crippen molar-refractivity contribution in [2.45, 2.75) is 0 Å². The van der Waals surface area contributed by atoms with Gasteiger partial charge >= 0.3 is 56.2 Å². The molecule has 0 aromatic heterocycles. The Morgan fingerprint density at radius 2 is 2.12 bits per heavy atom. The first-order valence-corrected chi connectivity index (χ1v) is 3.27. The van der Waals surface area contributed by atoms with Crippen LogP contribution in [0.25, 0.3) is 0 Å². The van der Waals surface area contributed by atoms with E-state index in [2.05, 4.69) is 16.0 Å². The van der Waals surface area contributed by atoms with Gasteiger partial charge in [0.15, 0.2) is 0 Å². The van der Waals surface area contributed by atoms with Crippen molar-refractivity contribution < 1.29 is 0 Å². The zero-order valence-corrected chi connectivity index (χ0v) is 6.21. The van der Waals surface area contributed by atoms with Gasteiger partial charge < -0.3 is 0 Å². The maximum absolute atomic E-state index is 5.45. The summed E-state index contributed by atoms with van der Waals surface area (Å²) in [6, 6.07) is 7.72. The summed E-state index contributed by atoms with van der Waals surface area (Å²) >= 11 is 2.44. The number of benzene rings is 1. The normalized spacial score (nSPS) is 9.12. The molecule has 1 nitrogen and oxygen atoms in total. The van der Waals surface area contributed by atoms with Gasteiger partial charge in [-0.2, -0.15) is 0 Å². The third-order valence-corrected chi connectivity index (χ3v) is 1.45. The van der Waals surface area contributed by atoms with Gasteiger partial charge in [-0.15, -0.1) is 0 Å². The molecule has 0 unspecified atom stereocenters. The first-order chi connectivity index (χ1) is 3.79. The molecule has 1 rings (SSSR count). The monoisotopic (exact) mass is 173 g/mol. The summed E-state index contributed by atoms with van der Waals surface area (Å²) in [5.41, 5.74) is 6.27. The molecule has 1 aromatic carbocycles. The van der Waals surface area contributed by atoms with Crippen LogP contribution in [-0.2, 0) is 0 Å². The average molecular weight is 172 g/mol. The van der Waals surface area contributed by atoms with Gasteiger partial charge in [0.25, 0.3) is 0 Å². The molecule has 0 atom stereocenters. The molecule has 0 saturated heterocycles. The van der Waals surface area contributed by atoms with Gasteiger partial charge in [0.1, 0.15) is 0 Å². The number of nitrogens with two attached hydrogens (primary N) is 1. The molecule has 0 amide bonds. The van der Waals surface area contributed by atoms with Crippen molar-refractivity contribution in [3.8, 4) is 0 Å². The molecule has 2 heteroatoms. The van der Waals surface area contributed by atoms with Crippen LogP contribution in [0.4, 0.5) is 5.69 Å². The van der Waals surface area contributed by atoms with Crippen LogP contribution in [0.3, 0.4) is 0 Å². The van der Waals surface area contributed by atoms with Crippen LogP contribution in [0.5, 0.6) is 0 Å². The maximum atomic E-state index is 5.45. The molecule has 0 fully saturated rings. The molecular formula is C6H7NSe. The minimum absolute atomic E-state index is 0.822. The second-order valence-corrected chi connectivity index (χ2v) is 2.68. The van der Waals surface area contributed by atoms with E-state index in [9.17, 15) is 0 Å². The number of nitrogen functional groups attached to an aromatic ring is 1. The SMILES string of the molecule is Nc1cccc([SeH])c1. The number of anilines is 1. The Hall–Kier alpha value is -0.461. The van der Waals surface area contributed by atoms with E-state index in [4.69, 9.17) is 5.73 Å². The molecule has 0 radical (unpaired) electrons. The molecule has 0 saturated carbocycles. The Kier molecular flexibility index (Phi) is 1.56. The Morgan fingerprint density at radius 1 is 1.38 bits per heavy atom. The van der Waals surface area contributed by atoms with E-state index < -0.39 is 0 Å². The summed E-state index contributed by atoms with van der Waals surface area (Å²) in [7, 11) is 0. The van der Waals surface area contributed by atoms with Crippen LogP contribution in [-0.4, -0.2) is 16.0 Å². The predicted octanol–water partition coefficient (Wildman–Crippen LogP) is -0.205. The molecular weight excluding hydrogens is 165 g/mol. The van der Waals surface area contributed by atoms with Gasteiger partial charge in [-0.3, -0.25) is 0 Å². The Labute approximate surface area is 56.7 Å². The van der Waals surface area contributed by atoms with Gasteiger partial charge in [0.05, 0.1) is 0 Å². The van der Waals surface area contributed by atoms with E-state index in [-0.39, 0.29) is 0 Å². The molecule has 8 heavy (non-hydrogen) atoms. The molecule has 0 heterocycles. The van der Waals surface area contributed by atoms with Gasteiger partial charge in [0, 0.05) is 0 Å². The number of rotatable bonds is 0. The van der Waals surface area contributed by atoms with E-state index in [1.54, 1.807) is 0 Å². The van der Waals surface area contributed by atoms with Crippen LogP contribution < -0.4 is 10.2 Å². The second kappa shape index (κ2) is 2.21. The zero-order chi connectivity index (χ0) is 5.98. The van der Waals surface area contributed by atoms with Crippen molar-refractivity contribution in [1.82, 2.24) is 0 Å². The van der Waals surface area contributed by atoms with Crippen LogP contribution in [0.15, 0.2) is 24.3 Å². The summed E-state index contributed by atoms with van der Waals surface area (Å²) in [5.74, 6) is 0. The Bertz CT molecular complexity index is 168. The van der Waals surface area contributed by atoms with Crippen molar-refractivity contribution in [1.29, 1.82) is 0 Å². The Morgan fingerprint density at radius 3 is 2.50 bits per heavy atom. The van der Waals surface area contributed by atoms with Gasteiger partial charge in [-0.1, -0.05) is 0 Å². The topological polar surface area (TPSA) is 26.0 Å². The van der Waals surface area contributed by atoms with Crippen LogP contribution in [0.2, 0.25) is 0 Å². The summed E-state index contributed by atoms with van der Waals surface area (Å²) in [6.45, 7) is 0. The first-order valence-electron chi connectivity index (χ1n) is 2.33. The van der Waals surface area contributed by atoms with Crippen molar-refractivity contribution in [3.63, 3.8) is 0 Å². The van der Waals surface area contributed by atoms with Crippen LogP contribution in [0, 0.1) is 0 Å². The molecule has 0 bridgehead atoms. The predicted molar refractivity (Wildman–Crippen MR) is 37.6 cm³/mol. The standard InChI is InChI=1S/C6H7NSe/c7-5-2-1-3-6(8)4-5/h1-4,8H,7H2. The Balaban J connectivity index is 3.08. The van der Waals surface area contributed by atoms with Crippen molar-refractivity contribution in [2.24, 2.45) is 0 Å². The molecule has 0 aliphatic rings.